The summed E-state index contributed by atoms with van der Waals surface area (Å²) in [5.74, 6) is 0.903. The van der Waals surface area contributed by atoms with Crippen LogP contribution in [0.2, 0.25) is 5.02 Å². The smallest absolute Gasteiger partial charge is 0.276 e. The normalized spacial score (nSPS) is 15.7. The van der Waals surface area contributed by atoms with E-state index in [1.165, 1.54) is 0 Å². The summed E-state index contributed by atoms with van der Waals surface area (Å²) in [4.78, 5) is 19.0. The van der Waals surface area contributed by atoms with Crippen molar-refractivity contribution in [3.8, 4) is 11.5 Å². The molecule has 5 nitrogen and oxygen atoms in total. The van der Waals surface area contributed by atoms with Crippen molar-refractivity contribution in [1.29, 1.82) is 0 Å². The Bertz CT molecular complexity index is 704. The summed E-state index contributed by atoms with van der Waals surface area (Å²) in [6.07, 6.45) is 1.98. The molecule has 0 unspecified atom stereocenters. The molecule has 1 saturated heterocycles. The lowest BCUT2D eigenvalue weighted by molar-refractivity contribution is 0.0144. The van der Waals surface area contributed by atoms with Gasteiger partial charge in [-0.1, -0.05) is 11.6 Å². The van der Waals surface area contributed by atoms with Gasteiger partial charge in [0.15, 0.2) is 5.69 Å². The van der Waals surface area contributed by atoms with E-state index in [-0.39, 0.29) is 12.0 Å². The van der Waals surface area contributed by atoms with Crippen LogP contribution in [0.15, 0.2) is 28.7 Å². The number of nitrogens with zero attached hydrogens (tertiary/aromatic N) is 2. The first-order valence-corrected chi connectivity index (χ1v) is 8.60. The lowest BCUT2D eigenvalue weighted by Crippen LogP contribution is -2.41. The molecular formula is C18H21ClN2O3. The maximum absolute atomic E-state index is 12.7. The predicted octanol–water partition coefficient (Wildman–Crippen LogP) is 3.94. The average Bonchev–Trinajstić information content (AvgIpc) is 2.98. The summed E-state index contributed by atoms with van der Waals surface area (Å²) >= 11 is 5.90. The van der Waals surface area contributed by atoms with Crippen LogP contribution < -0.4 is 0 Å². The number of ether oxygens (including phenoxy) is 1. The fraction of sp³-hybridized carbons (Fsp3) is 0.444. The van der Waals surface area contributed by atoms with Gasteiger partial charge in [-0.3, -0.25) is 4.79 Å². The highest BCUT2D eigenvalue weighted by atomic mass is 35.5. The van der Waals surface area contributed by atoms with Crippen molar-refractivity contribution in [1.82, 2.24) is 9.88 Å². The van der Waals surface area contributed by atoms with E-state index in [1.54, 1.807) is 19.1 Å². The molecule has 0 spiro atoms. The Hall–Kier alpha value is -1.85. The van der Waals surface area contributed by atoms with Crippen molar-refractivity contribution in [2.24, 2.45) is 0 Å². The molecule has 24 heavy (non-hydrogen) atoms. The van der Waals surface area contributed by atoms with Gasteiger partial charge in [0.1, 0.15) is 5.76 Å². The maximum atomic E-state index is 12.7. The molecule has 1 fully saturated rings. The van der Waals surface area contributed by atoms with E-state index < -0.39 is 0 Å². The predicted molar refractivity (Wildman–Crippen MR) is 92.2 cm³/mol. The number of oxazole rings is 1. The van der Waals surface area contributed by atoms with Gasteiger partial charge in [0, 0.05) is 30.3 Å². The van der Waals surface area contributed by atoms with Crippen LogP contribution in [-0.2, 0) is 4.74 Å². The number of likely N-dealkylation sites (tertiary alicyclic amines) is 1. The third-order valence-electron chi connectivity index (χ3n) is 4.22. The molecule has 6 heteroatoms. The molecule has 0 aliphatic carbocycles. The van der Waals surface area contributed by atoms with E-state index in [9.17, 15) is 4.79 Å². The van der Waals surface area contributed by atoms with Crippen LogP contribution in [0, 0.1) is 6.92 Å². The van der Waals surface area contributed by atoms with E-state index >= 15 is 0 Å². The third kappa shape index (κ3) is 3.62. The Kier molecular flexibility index (Phi) is 5.21. The van der Waals surface area contributed by atoms with Gasteiger partial charge in [-0.15, -0.1) is 0 Å². The monoisotopic (exact) mass is 348 g/mol. The second kappa shape index (κ2) is 7.36. The third-order valence-corrected chi connectivity index (χ3v) is 4.47. The molecule has 3 rings (SSSR count). The van der Waals surface area contributed by atoms with Crippen LogP contribution in [0.1, 0.15) is 36.0 Å². The summed E-state index contributed by atoms with van der Waals surface area (Å²) in [5.41, 5.74) is 1.19. The number of piperidine rings is 1. The van der Waals surface area contributed by atoms with Gasteiger partial charge < -0.3 is 14.1 Å². The molecule has 1 aromatic heterocycles. The lowest BCUT2D eigenvalue weighted by atomic mass is 10.1. The highest BCUT2D eigenvalue weighted by Crippen LogP contribution is 2.25. The zero-order valence-corrected chi connectivity index (χ0v) is 14.7. The van der Waals surface area contributed by atoms with Gasteiger partial charge in [0.2, 0.25) is 5.89 Å². The fourth-order valence-electron chi connectivity index (χ4n) is 2.92. The van der Waals surface area contributed by atoms with Gasteiger partial charge >= 0.3 is 0 Å². The average molecular weight is 349 g/mol. The number of carbonyl (C=O) groups is 1. The van der Waals surface area contributed by atoms with E-state index in [0.29, 0.717) is 42.1 Å². The molecule has 1 aromatic carbocycles. The summed E-state index contributed by atoms with van der Waals surface area (Å²) in [6.45, 7) is 5.85. The topological polar surface area (TPSA) is 55.6 Å². The number of aryl methyl sites for hydroxylation is 1. The molecule has 1 aliphatic heterocycles. The number of halogens is 1. The molecule has 0 N–H and O–H groups in total. The number of benzene rings is 1. The van der Waals surface area contributed by atoms with Gasteiger partial charge in [-0.2, -0.15) is 0 Å². The largest absolute Gasteiger partial charge is 0.441 e. The minimum Gasteiger partial charge on any atom is -0.441 e. The number of hydrogen-bond acceptors (Lipinski definition) is 4. The summed E-state index contributed by atoms with van der Waals surface area (Å²) in [5, 5.41) is 0.649. The van der Waals surface area contributed by atoms with Crippen LogP contribution >= 0.6 is 11.6 Å². The van der Waals surface area contributed by atoms with Crippen LogP contribution in [0.5, 0.6) is 0 Å². The van der Waals surface area contributed by atoms with E-state index in [4.69, 9.17) is 20.8 Å². The zero-order chi connectivity index (χ0) is 17.1. The molecule has 1 amide bonds. The number of hydrogen-bond donors (Lipinski definition) is 0. The number of rotatable bonds is 4. The SMILES string of the molecule is CCOC1CCN(C(=O)c2nc(-c3ccc(Cl)cc3)oc2C)CC1. The van der Waals surface area contributed by atoms with Crippen LogP contribution in [0.25, 0.3) is 11.5 Å². The molecule has 0 bridgehead atoms. The van der Waals surface area contributed by atoms with Crippen molar-refractivity contribution < 1.29 is 13.9 Å². The molecule has 0 radical (unpaired) electrons. The van der Waals surface area contributed by atoms with E-state index in [1.807, 2.05) is 24.0 Å². The molecule has 0 atom stereocenters. The molecule has 2 aromatic rings. The Balaban J connectivity index is 1.73. The van der Waals surface area contributed by atoms with Crippen molar-refractivity contribution in [2.45, 2.75) is 32.8 Å². The Morgan fingerprint density at radius 2 is 2.00 bits per heavy atom. The second-order valence-corrected chi connectivity index (χ2v) is 6.31. The van der Waals surface area contributed by atoms with Gasteiger partial charge in [-0.25, -0.2) is 4.98 Å². The molecular weight excluding hydrogens is 328 g/mol. The molecule has 128 valence electrons. The van der Waals surface area contributed by atoms with Crippen molar-refractivity contribution in [2.75, 3.05) is 19.7 Å². The fourth-order valence-corrected chi connectivity index (χ4v) is 3.05. The Morgan fingerprint density at radius 3 is 2.62 bits per heavy atom. The number of carbonyl (C=O) groups excluding carboxylic acids is 1. The number of amides is 1. The van der Waals surface area contributed by atoms with Gasteiger partial charge in [0.05, 0.1) is 6.10 Å². The van der Waals surface area contributed by atoms with Gasteiger partial charge in [0.25, 0.3) is 5.91 Å². The molecule has 1 aliphatic rings. The summed E-state index contributed by atoms with van der Waals surface area (Å²) in [7, 11) is 0. The maximum Gasteiger partial charge on any atom is 0.276 e. The highest BCUT2D eigenvalue weighted by Gasteiger charge is 2.27. The molecule has 2 heterocycles. The minimum atomic E-state index is -0.0774. The first-order valence-electron chi connectivity index (χ1n) is 8.22. The standard InChI is InChI=1S/C18H21ClN2O3/c1-3-23-15-8-10-21(11-9-15)18(22)16-12(2)24-17(20-16)13-4-6-14(19)7-5-13/h4-7,15H,3,8-11H2,1-2H3. The van der Waals surface area contributed by atoms with E-state index in [0.717, 1.165) is 18.4 Å². The second-order valence-electron chi connectivity index (χ2n) is 5.88. The minimum absolute atomic E-state index is 0.0774. The van der Waals surface area contributed by atoms with Crippen LogP contribution in [0.3, 0.4) is 0 Å². The first-order chi connectivity index (χ1) is 11.6. The Labute approximate surface area is 146 Å². The van der Waals surface area contributed by atoms with Gasteiger partial charge in [-0.05, 0) is 51.0 Å². The summed E-state index contributed by atoms with van der Waals surface area (Å²) < 4.78 is 11.3. The zero-order valence-electron chi connectivity index (χ0n) is 13.9. The van der Waals surface area contributed by atoms with Crippen LogP contribution in [-0.4, -0.2) is 41.6 Å². The van der Waals surface area contributed by atoms with E-state index in [2.05, 4.69) is 4.98 Å². The number of aromatic nitrogens is 1. The first kappa shape index (κ1) is 17.0. The molecule has 0 saturated carbocycles. The van der Waals surface area contributed by atoms with Crippen molar-refractivity contribution in [3.63, 3.8) is 0 Å². The Morgan fingerprint density at radius 1 is 1.33 bits per heavy atom. The van der Waals surface area contributed by atoms with Crippen LogP contribution in [0.4, 0.5) is 0 Å². The summed E-state index contributed by atoms with van der Waals surface area (Å²) in [6, 6.07) is 7.21. The highest BCUT2D eigenvalue weighted by molar-refractivity contribution is 6.30. The lowest BCUT2D eigenvalue weighted by Gasteiger charge is -2.31. The quantitative estimate of drug-likeness (QED) is 0.839. The van der Waals surface area contributed by atoms with Crippen molar-refractivity contribution in [3.05, 3.63) is 40.7 Å². The van der Waals surface area contributed by atoms with Crippen molar-refractivity contribution >= 4 is 17.5 Å².